The second-order valence-corrected chi connectivity index (χ2v) is 7.24. The van der Waals surface area contributed by atoms with E-state index in [2.05, 4.69) is 14.6 Å². The lowest BCUT2D eigenvalue weighted by molar-refractivity contribution is -0.143. The second-order valence-electron chi connectivity index (χ2n) is 7.24. The Kier molecular flexibility index (Phi) is 4.68. The summed E-state index contributed by atoms with van der Waals surface area (Å²) in [6.07, 6.45) is -2.72. The molecular weight excluding hydrogens is 383 g/mol. The molecule has 3 heterocycles. The summed E-state index contributed by atoms with van der Waals surface area (Å²) in [5.41, 5.74) is 1.32. The molecule has 1 saturated heterocycles. The molecule has 29 heavy (non-hydrogen) atoms. The van der Waals surface area contributed by atoms with Gasteiger partial charge in [0.15, 0.2) is 5.69 Å². The molecule has 0 atom stereocenters. The predicted octanol–water partition coefficient (Wildman–Crippen LogP) is 3.47. The molecule has 6 nitrogen and oxygen atoms in total. The number of imidazole rings is 1. The van der Waals surface area contributed by atoms with Crippen LogP contribution in [0.3, 0.4) is 0 Å². The van der Waals surface area contributed by atoms with Crippen molar-refractivity contribution in [3.8, 4) is 11.4 Å². The summed E-state index contributed by atoms with van der Waals surface area (Å²) >= 11 is 0. The lowest BCUT2D eigenvalue weighted by Gasteiger charge is -2.41. The number of aromatic nitrogens is 4. The Morgan fingerprint density at radius 2 is 1.83 bits per heavy atom. The van der Waals surface area contributed by atoms with Gasteiger partial charge >= 0.3 is 6.18 Å². The van der Waals surface area contributed by atoms with Gasteiger partial charge in [0.05, 0.1) is 6.04 Å². The van der Waals surface area contributed by atoms with Gasteiger partial charge in [-0.15, -0.1) is 0 Å². The molecule has 1 aliphatic rings. The molecule has 3 aromatic rings. The van der Waals surface area contributed by atoms with Gasteiger partial charge in [-0.2, -0.15) is 18.3 Å². The number of hydrogen-bond donors (Lipinski definition) is 0. The molecule has 0 N–H and O–H groups in total. The van der Waals surface area contributed by atoms with E-state index in [1.165, 1.54) is 6.92 Å². The first-order valence-electron chi connectivity index (χ1n) is 9.22. The van der Waals surface area contributed by atoms with E-state index in [0.717, 1.165) is 27.8 Å². The van der Waals surface area contributed by atoms with Crippen LogP contribution in [-0.4, -0.2) is 43.2 Å². The van der Waals surface area contributed by atoms with Gasteiger partial charge in [-0.1, -0.05) is 30.3 Å². The third-order valence-corrected chi connectivity index (χ3v) is 5.15. The van der Waals surface area contributed by atoms with Crippen LogP contribution in [0.15, 0.2) is 42.6 Å². The van der Waals surface area contributed by atoms with Crippen LogP contribution in [0.2, 0.25) is 0 Å². The van der Waals surface area contributed by atoms with Gasteiger partial charge in [0.2, 0.25) is 5.91 Å². The Bertz CT molecular complexity index is 1030. The van der Waals surface area contributed by atoms with E-state index in [-0.39, 0.29) is 18.5 Å². The summed E-state index contributed by atoms with van der Waals surface area (Å²) < 4.78 is 41.6. The van der Waals surface area contributed by atoms with Crippen LogP contribution < -0.4 is 0 Å². The molecular formula is C20H20F3N5O. The van der Waals surface area contributed by atoms with Gasteiger partial charge in [0.25, 0.3) is 0 Å². The molecule has 4 rings (SSSR count). The molecule has 0 bridgehead atoms. The molecule has 1 aliphatic heterocycles. The van der Waals surface area contributed by atoms with E-state index >= 15 is 0 Å². The lowest BCUT2D eigenvalue weighted by Crippen LogP contribution is -2.52. The number of hydrogen-bond acceptors (Lipinski definition) is 3. The second kappa shape index (κ2) is 7.06. The lowest BCUT2D eigenvalue weighted by atomic mass is 10.1. The van der Waals surface area contributed by atoms with Crippen LogP contribution in [0.25, 0.3) is 11.4 Å². The Morgan fingerprint density at radius 3 is 2.45 bits per heavy atom. The van der Waals surface area contributed by atoms with Crippen LogP contribution in [0.5, 0.6) is 0 Å². The number of nitrogens with zero attached hydrogens (tertiary/aromatic N) is 5. The minimum Gasteiger partial charge on any atom is -0.337 e. The first kappa shape index (κ1) is 19.2. The zero-order chi connectivity index (χ0) is 20.8. The van der Waals surface area contributed by atoms with Crippen molar-refractivity contribution in [2.75, 3.05) is 13.1 Å². The van der Waals surface area contributed by atoms with Crippen LogP contribution in [0.1, 0.15) is 23.1 Å². The van der Waals surface area contributed by atoms with Gasteiger partial charge in [-0.25, -0.2) is 4.98 Å². The van der Waals surface area contributed by atoms with Crippen molar-refractivity contribution in [2.45, 2.75) is 32.6 Å². The van der Waals surface area contributed by atoms with E-state index in [9.17, 15) is 18.0 Å². The summed E-state index contributed by atoms with van der Waals surface area (Å²) in [6.45, 7) is 4.25. The van der Waals surface area contributed by atoms with Gasteiger partial charge in [0, 0.05) is 36.2 Å². The van der Waals surface area contributed by atoms with Crippen molar-refractivity contribution in [2.24, 2.45) is 0 Å². The van der Waals surface area contributed by atoms with Crippen molar-refractivity contribution in [1.29, 1.82) is 0 Å². The maximum absolute atomic E-state index is 12.8. The summed E-state index contributed by atoms with van der Waals surface area (Å²) in [4.78, 5) is 18.7. The van der Waals surface area contributed by atoms with Crippen LogP contribution >= 0.6 is 0 Å². The quantitative estimate of drug-likeness (QED) is 0.670. The van der Waals surface area contributed by atoms with Gasteiger partial charge in [-0.05, 0) is 19.9 Å². The van der Waals surface area contributed by atoms with Gasteiger partial charge < -0.3 is 9.47 Å². The molecule has 152 valence electrons. The minimum absolute atomic E-state index is 0.0844. The van der Waals surface area contributed by atoms with Crippen molar-refractivity contribution in [1.82, 2.24) is 24.2 Å². The molecule has 1 aromatic carbocycles. The molecule has 0 radical (unpaired) electrons. The average Bonchev–Trinajstić information content (AvgIpc) is 3.18. The van der Waals surface area contributed by atoms with Crippen molar-refractivity contribution in [3.63, 3.8) is 0 Å². The highest BCUT2D eigenvalue weighted by Gasteiger charge is 2.36. The number of carbonyl (C=O) groups excluding carboxylic acids is 1. The number of rotatable bonds is 4. The monoisotopic (exact) mass is 403 g/mol. The smallest absolute Gasteiger partial charge is 0.337 e. The first-order valence-corrected chi connectivity index (χ1v) is 9.22. The molecule has 9 heteroatoms. The number of benzene rings is 1. The Labute approximate surface area is 165 Å². The summed E-state index contributed by atoms with van der Waals surface area (Å²) in [5, 5.41) is 3.53. The van der Waals surface area contributed by atoms with E-state index in [1.807, 2.05) is 37.3 Å². The molecule has 0 unspecified atom stereocenters. The van der Waals surface area contributed by atoms with Crippen molar-refractivity contribution in [3.05, 3.63) is 59.7 Å². The number of carbonyl (C=O) groups is 1. The highest BCUT2D eigenvalue weighted by atomic mass is 19.4. The normalized spacial score (nSPS) is 14.9. The molecule has 0 saturated carbocycles. The molecule has 1 fully saturated rings. The number of alkyl halides is 3. The summed E-state index contributed by atoms with van der Waals surface area (Å²) in [6, 6.07) is 10.8. The zero-order valence-electron chi connectivity index (χ0n) is 16.0. The summed E-state index contributed by atoms with van der Waals surface area (Å²) in [7, 11) is 0. The fraction of sp³-hybridized carbons (Fsp3) is 0.350. The maximum atomic E-state index is 12.8. The third kappa shape index (κ3) is 3.64. The largest absolute Gasteiger partial charge is 0.435 e. The van der Waals surface area contributed by atoms with E-state index in [4.69, 9.17) is 0 Å². The van der Waals surface area contributed by atoms with Crippen molar-refractivity contribution >= 4 is 5.91 Å². The highest BCUT2D eigenvalue weighted by molar-refractivity contribution is 5.77. The van der Waals surface area contributed by atoms with Gasteiger partial charge in [0.1, 0.15) is 12.4 Å². The number of halogens is 3. The zero-order valence-corrected chi connectivity index (χ0v) is 16.0. The van der Waals surface area contributed by atoms with E-state index in [1.54, 1.807) is 11.1 Å². The SMILES string of the molecule is Cc1cc(C(F)(F)F)nn1CC(=O)N1CC(n2c(C)cnc2-c2ccccc2)C1. The van der Waals surface area contributed by atoms with Crippen LogP contribution in [0, 0.1) is 13.8 Å². The Hall–Kier alpha value is -3.10. The first-order chi connectivity index (χ1) is 13.7. The Balaban J connectivity index is 1.44. The minimum atomic E-state index is -4.52. The summed E-state index contributed by atoms with van der Waals surface area (Å²) in [5.74, 6) is 0.596. The van der Waals surface area contributed by atoms with E-state index in [0.29, 0.717) is 18.8 Å². The van der Waals surface area contributed by atoms with Crippen LogP contribution in [0.4, 0.5) is 13.2 Å². The predicted molar refractivity (Wildman–Crippen MR) is 100.0 cm³/mol. The molecule has 0 aliphatic carbocycles. The third-order valence-electron chi connectivity index (χ3n) is 5.15. The molecule has 1 amide bonds. The van der Waals surface area contributed by atoms with Crippen molar-refractivity contribution < 1.29 is 18.0 Å². The standard InChI is InChI=1S/C20H20F3N5O/c1-13-8-17(20(21,22)23)25-27(13)12-18(29)26-10-16(11-26)28-14(2)9-24-19(28)15-6-4-3-5-7-15/h3-9,16H,10-12H2,1-2H3. The van der Waals surface area contributed by atoms with E-state index < -0.39 is 11.9 Å². The average molecular weight is 403 g/mol. The fourth-order valence-electron chi connectivity index (χ4n) is 3.57. The highest BCUT2D eigenvalue weighted by Crippen LogP contribution is 2.30. The topological polar surface area (TPSA) is 56.0 Å². The molecule has 2 aromatic heterocycles. The van der Waals surface area contributed by atoms with Crippen LogP contribution in [-0.2, 0) is 17.5 Å². The Morgan fingerprint density at radius 1 is 1.14 bits per heavy atom. The number of aryl methyl sites for hydroxylation is 2. The maximum Gasteiger partial charge on any atom is 0.435 e. The fourth-order valence-corrected chi connectivity index (χ4v) is 3.57. The number of likely N-dealkylation sites (tertiary alicyclic amines) is 1. The molecule has 0 spiro atoms. The van der Waals surface area contributed by atoms with Gasteiger partial charge in [-0.3, -0.25) is 9.48 Å². The number of amides is 1.